The number of likely N-dealkylation sites (tertiary alicyclic amines) is 4. The van der Waals surface area contributed by atoms with Gasteiger partial charge in [0.05, 0.1) is 81.9 Å². The number of fused-ring (bicyclic) bond motifs is 17. The Bertz CT molecular complexity index is 6770. The van der Waals surface area contributed by atoms with Crippen molar-refractivity contribution in [1.29, 1.82) is 0 Å². The van der Waals surface area contributed by atoms with Crippen LogP contribution in [0.25, 0.3) is 34.0 Å². The van der Waals surface area contributed by atoms with Gasteiger partial charge in [0.1, 0.15) is 69.5 Å². The van der Waals surface area contributed by atoms with E-state index in [0.717, 1.165) is 90.8 Å². The van der Waals surface area contributed by atoms with Gasteiger partial charge in [-0.15, -0.1) is 0 Å². The number of alkyl halides is 6. The first kappa shape index (κ1) is 94.7. The summed E-state index contributed by atoms with van der Waals surface area (Å²) < 4.78 is 178. The molecule has 9 aliphatic rings. The normalized spacial score (nSPS) is 17.0. The highest BCUT2D eigenvalue weighted by molar-refractivity contribution is 7.89. The third-order valence-corrected chi connectivity index (χ3v) is 29.1. The van der Waals surface area contributed by atoms with Crippen molar-refractivity contribution in [3.8, 4) is 80.0 Å². The van der Waals surface area contributed by atoms with E-state index in [9.17, 15) is 58.3 Å². The van der Waals surface area contributed by atoms with E-state index in [1.807, 2.05) is 156 Å². The first-order chi connectivity index (χ1) is 66.0. The predicted octanol–water partition coefficient (Wildman–Crippen LogP) is 17.6. The van der Waals surface area contributed by atoms with Crippen molar-refractivity contribution in [2.75, 3.05) is 107 Å². The van der Waals surface area contributed by atoms with Crippen LogP contribution in [0.3, 0.4) is 0 Å². The highest BCUT2D eigenvalue weighted by Gasteiger charge is 2.53. The lowest BCUT2D eigenvalue weighted by atomic mass is 9.81. The molecular weight excluding hydrogens is 1810 g/mol. The molecule has 21 rings (SSSR count). The zero-order chi connectivity index (χ0) is 97.3. The molecule has 0 radical (unpaired) electrons. The van der Waals surface area contributed by atoms with Gasteiger partial charge in [0, 0.05) is 197 Å². The second-order valence-electron chi connectivity index (χ2n) is 36.7. The molecule has 5 aromatic heterocycles. The Morgan fingerprint density at radius 3 is 1.66 bits per heavy atom. The van der Waals surface area contributed by atoms with Crippen LogP contribution in [0, 0.1) is 19.7 Å². The van der Waals surface area contributed by atoms with Crippen molar-refractivity contribution in [2.24, 2.45) is 14.1 Å². The van der Waals surface area contributed by atoms with Crippen molar-refractivity contribution in [3.05, 3.63) is 274 Å². The number of aromatic nitrogens is 7. The minimum absolute atomic E-state index is 0.0233. The molecule has 138 heavy (non-hydrogen) atoms. The summed E-state index contributed by atoms with van der Waals surface area (Å²) in [6.07, 6.45) is 3.44. The number of aryl methyl sites for hydroxylation is 4. The fourth-order valence-corrected chi connectivity index (χ4v) is 21.0. The molecule has 4 fully saturated rings. The average molecular weight is 1920 g/mol. The number of carbonyl (C=O) groups is 4. The number of amides is 4. The predicted molar refractivity (Wildman–Crippen MR) is 498 cm³/mol. The van der Waals surface area contributed by atoms with Gasteiger partial charge >= 0.3 is 12.4 Å². The maximum absolute atomic E-state index is 13.9. The molecule has 4 spiro atoms. The van der Waals surface area contributed by atoms with Gasteiger partial charge in [-0.2, -0.15) is 36.5 Å². The smallest absolute Gasteiger partial charge is 0.431 e. The minimum Gasteiger partial charge on any atom is -0.492 e. The quantitative estimate of drug-likeness (QED) is 0.103. The number of halogens is 7. The molecule has 35 heteroatoms. The summed E-state index contributed by atoms with van der Waals surface area (Å²) in [5.74, 6) is 3.02. The molecule has 4 saturated heterocycles. The third-order valence-electron chi connectivity index (χ3n) is 27.1. The van der Waals surface area contributed by atoms with Crippen LogP contribution in [-0.4, -0.2) is 208 Å². The Kier molecular flexibility index (Phi) is 25.6. The minimum atomic E-state index is -4.67. The second kappa shape index (κ2) is 37.3. The van der Waals surface area contributed by atoms with E-state index in [4.69, 9.17) is 37.9 Å². The molecule has 0 saturated carbocycles. The van der Waals surface area contributed by atoms with Crippen molar-refractivity contribution in [3.63, 3.8) is 0 Å². The molecule has 0 N–H and O–H groups in total. The Balaban J connectivity index is 0.000000122. The lowest BCUT2D eigenvalue weighted by Gasteiger charge is -2.45. The van der Waals surface area contributed by atoms with E-state index >= 15 is 0 Å². The van der Waals surface area contributed by atoms with Crippen LogP contribution in [0.4, 0.5) is 30.7 Å². The van der Waals surface area contributed by atoms with Crippen LogP contribution in [0.15, 0.2) is 206 Å². The van der Waals surface area contributed by atoms with Crippen molar-refractivity contribution < 1.29 is 96.2 Å². The van der Waals surface area contributed by atoms with E-state index in [0.29, 0.717) is 154 Å². The van der Waals surface area contributed by atoms with Gasteiger partial charge < -0.3 is 71.5 Å². The zero-order valence-corrected chi connectivity index (χ0v) is 78.9. The largest absolute Gasteiger partial charge is 0.492 e. The molecule has 4 amide bonds. The van der Waals surface area contributed by atoms with Gasteiger partial charge in [-0.3, -0.25) is 33.5 Å². The summed E-state index contributed by atoms with van der Waals surface area (Å²) in [6.45, 7) is 12.8. The van der Waals surface area contributed by atoms with Crippen LogP contribution in [0.1, 0.15) is 158 Å². The molecule has 0 bridgehead atoms. The topological polar surface area (TPSA) is 254 Å². The molecule has 722 valence electrons. The van der Waals surface area contributed by atoms with E-state index in [-0.39, 0.29) is 72.8 Å². The standard InChI is InChI=1S/C27H27F4N3O3.C26H26F3N3O4S.C25H28N4O3.C25H25N3O4/c1-32(2)14-15-36-22-8-5-18(16-20(22)27(29,30)31)25(35)33-12-9-26(10-13-33)24-4-3-11-34(24)21-7-6-19(28)17-23(21)37-26;1-17-16-18(8-9-21(17)37(34,35)30(2)3)24(33)31-14-12-25(13-15-31)22-10-11-23(26(27,28)29)32(22)19-6-4-5-7-20(19)36-25;1-16(2)31-20-8-7-18(14-17(20)3)24(30)29-12-9-25(10-13-29)19-15-27-28(4)23(19)22-21(32-25)6-5-11-26-22;1-27-22-17-6-2-3-8-20(17)32-25(19(22)16-26-27)10-12-28(13-11-25)24(29)18-7-4-9-21-23(18)31-15-5-14-30-21/h3-8,11,16-17H,9-10,12-15H2,1-2H3;4-11,16H,12-15H2,1-3H3;5-8,11,14-16H,9-10,12-13H2,1-4H3;2-4,6-9,16H,5,10-15H2,1H3. The lowest BCUT2D eigenvalue weighted by molar-refractivity contribution is -0.143. The van der Waals surface area contributed by atoms with Crippen LogP contribution < -0.4 is 37.9 Å². The summed E-state index contributed by atoms with van der Waals surface area (Å²) in [6, 6.07) is 48.5. The summed E-state index contributed by atoms with van der Waals surface area (Å²) in [5, 5.41) is 9.02. The molecule has 0 aliphatic carbocycles. The summed E-state index contributed by atoms with van der Waals surface area (Å²) in [7, 11) is 6.73. The summed E-state index contributed by atoms with van der Waals surface area (Å²) >= 11 is 0. The Morgan fingerprint density at radius 1 is 0.507 bits per heavy atom. The number of para-hydroxylation sites is 4. The van der Waals surface area contributed by atoms with E-state index in [2.05, 4.69) is 21.2 Å². The van der Waals surface area contributed by atoms with Crippen LogP contribution in [-0.2, 0) is 58.9 Å². The Hall–Kier alpha value is -13.7. The lowest BCUT2D eigenvalue weighted by Crippen LogP contribution is -2.50. The van der Waals surface area contributed by atoms with Crippen molar-refractivity contribution in [1.82, 2.24) is 62.5 Å². The average Bonchev–Trinajstić information content (AvgIpc) is 1.54. The number of hydrogen-bond acceptors (Lipinski definition) is 18. The molecule has 0 atom stereocenters. The van der Waals surface area contributed by atoms with Gasteiger partial charge in [0.25, 0.3) is 23.6 Å². The number of sulfonamides is 1. The first-order valence-corrected chi connectivity index (χ1v) is 47.5. The van der Waals surface area contributed by atoms with E-state index < -0.39 is 67.8 Å². The molecule has 12 aromatic rings. The van der Waals surface area contributed by atoms with Crippen molar-refractivity contribution in [2.45, 2.75) is 131 Å². The highest BCUT2D eigenvalue weighted by atomic mass is 32.2. The monoisotopic (exact) mass is 1910 g/mol. The fraction of sp³-hybridized carbons (Fsp3) is 0.369. The number of rotatable bonds is 12. The number of carbonyl (C=O) groups excluding carboxylic acids is 4. The van der Waals surface area contributed by atoms with Gasteiger partial charge in [-0.1, -0.05) is 30.3 Å². The molecule has 14 heterocycles. The number of benzene rings is 7. The summed E-state index contributed by atoms with van der Waals surface area (Å²) in [4.78, 5) is 66.6. The molecular formula is C103H106F7N13O14S. The third kappa shape index (κ3) is 18.0. The highest BCUT2D eigenvalue weighted by Crippen LogP contribution is 2.54. The SMILES string of the molecule is CN(C)CCOc1ccc(C(=O)N2CCC3(CC2)Oc2cc(F)ccc2-n2cccc23)cc1C(F)(F)F.Cc1cc(C(=O)N2CCC3(CC2)Oc2ccccc2-n2c(C(F)(F)F)ccc23)ccc1S(=O)(=O)N(C)C.Cc1cc(C(=O)N2CCC3(CC2)Oc2cccnc2-c2c3cnn2C)ccc1OC(C)C.Cn1ncc2c1-c1ccccc1OC21CCN(C(=O)c2cccc3c2OCCCO3)CC1. The van der Waals surface area contributed by atoms with Crippen LogP contribution in [0.2, 0.25) is 0 Å². The molecule has 9 aliphatic heterocycles. The first-order valence-electron chi connectivity index (χ1n) is 46.0. The molecule has 0 unspecified atom stereocenters. The second-order valence-corrected chi connectivity index (χ2v) is 38.8. The van der Waals surface area contributed by atoms with Gasteiger partial charge in [-0.05, 0) is 192 Å². The zero-order valence-electron chi connectivity index (χ0n) is 78.1. The number of piperidine rings is 4. The number of pyridine rings is 1. The molecule has 7 aromatic carbocycles. The van der Waals surface area contributed by atoms with Gasteiger partial charge in [0.2, 0.25) is 10.0 Å². The van der Waals surface area contributed by atoms with Crippen LogP contribution in [0.5, 0.6) is 46.0 Å². The number of hydrogen-bond donors (Lipinski definition) is 0. The number of nitrogens with zero attached hydrogens (tertiary/aromatic N) is 13. The Labute approximate surface area is 794 Å². The maximum Gasteiger partial charge on any atom is 0.431 e. The van der Waals surface area contributed by atoms with E-state index in [1.165, 1.54) is 66.0 Å². The van der Waals surface area contributed by atoms with Crippen LogP contribution >= 0.6 is 0 Å². The number of ether oxygens (including phenoxy) is 8. The summed E-state index contributed by atoms with van der Waals surface area (Å²) in [5.41, 5.74) is 7.07. The van der Waals surface area contributed by atoms with Crippen molar-refractivity contribution >= 4 is 33.7 Å². The fourth-order valence-electron chi connectivity index (χ4n) is 19.9. The Morgan fingerprint density at radius 2 is 1.04 bits per heavy atom. The van der Waals surface area contributed by atoms with Gasteiger partial charge in [-0.25, -0.2) is 17.1 Å². The van der Waals surface area contributed by atoms with Gasteiger partial charge in [0.15, 0.2) is 22.7 Å². The molecule has 27 nitrogen and oxygen atoms in total. The number of likely N-dealkylation sites (N-methyl/N-ethyl adjacent to an activating group) is 1. The van der Waals surface area contributed by atoms with E-state index in [1.54, 1.807) is 73.4 Å². The maximum atomic E-state index is 13.9.